The number of benzene rings is 1. The fourth-order valence-electron chi connectivity index (χ4n) is 2.39. The summed E-state index contributed by atoms with van der Waals surface area (Å²) in [6, 6.07) is 10.4. The molecular formula is C18H24N2O. The van der Waals surface area contributed by atoms with Gasteiger partial charge in [0.15, 0.2) is 0 Å². The highest BCUT2D eigenvalue weighted by Gasteiger charge is 2.05. The first-order valence-corrected chi connectivity index (χ1v) is 7.42. The van der Waals surface area contributed by atoms with Crippen molar-refractivity contribution in [2.45, 2.75) is 39.8 Å². The van der Waals surface area contributed by atoms with E-state index in [0.717, 1.165) is 18.0 Å². The molecule has 0 atom stereocenters. The maximum absolute atomic E-state index is 5.83. The van der Waals surface area contributed by atoms with Crippen LogP contribution in [0.2, 0.25) is 0 Å². The maximum atomic E-state index is 5.83. The lowest BCUT2D eigenvalue weighted by atomic mass is 9.98. The second kappa shape index (κ2) is 7.23. The first-order chi connectivity index (χ1) is 10.1. The van der Waals surface area contributed by atoms with Crippen molar-refractivity contribution in [2.75, 3.05) is 7.05 Å². The molecule has 21 heavy (non-hydrogen) atoms. The lowest BCUT2D eigenvalue weighted by Gasteiger charge is -2.12. The minimum absolute atomic E-state index is 0.500. The van der Waals surface area contributed by atoms with Gasteiger partial charge in [-0.2, -0.15) is 0 Å². The molecule has 3 heteroatoms. The van der Waals surface area contributed by atoms with E-state index < -0.39 is 0 Å². The van der Waals surface area contributed by atoms with E-state index in [0.29, 0.717) is 12.5 Å². The Morgan fingerprint density at radius 2 is 2.00 bits per heavy atom. The topological polar surface area (TPSA) is 34.1 Å². The molecule has 0 radical (unpaired) electrons. The van der Waals surface area contributed by atoms with Crippen LogP contribution in [0.15, 0.2) is 36.5 Å². The van der Waals surface area contributed by atoms with Crippen LogP contribution in [0.5, 0.6) is 5.75 Å². The van der Waals surface area contributed by atoms with E-state index in [1.54, 1.807) is 0 Å². The molecule has 1 aromatic carbocycles. The van der Waals surface area contributed by atoms with Crippen LogP contribution in [0, 0.1) is 6.92 Å². The van der Waals surface area contributed by atoms with E-state index in [4.69, 9.17) is 4.74 Å². The Bertz CT molecular complexity index is 576. The summed E-state index contributed by atoms with van der Waals surface area (Å²) in [5, 5.41) is 3.11. The number of aryl methyl sites for hydroxylation is 1. The normalized spacial score (nSPS) is 10.9. The number of pyridine rings is 1. The molecular weight excluding hydrogens is 260 g/mol. The predicted octanol–water partition coefficient (Wildman–Crippen LogP) is 3.81. The van der Waals surface area contributed by atoms with Crippen LogP contribution in [-0.4, -0.2) is 12.0 Å². The third kappa shape index (κ3) is 4.30. The molecule has 0 saturated heterocycles. The van der Waals surface area contributed by atoms with Gasteiger partial charge in [-0.1, -0.05) is 26.0 Å². The average molecular weight is 284 g/mol. The third-order valence-electron chi connectivity index (χ3n) is 3.52. The molecule has 0 amide bonds. The zero-order valence-corrected chi connectivity index (χ0v) is 13.3. The molecule has 3 nitrogen and oxygen atoms in total. The Morgan fingerprint density at radius 3 is 2.57 bits per heavy atom. The van der Waals surface area contributed by atoms with Gasteiger partial charge >= 0.3 is 0 Å². The van der Waals surface area contributed by atoms with Crippen LogP contribution < -0.4 is 10.1 Å². The first-order valence-electron chi connectivity index (χ1n) is 7.42. The first kappa shape index (κ1) is 15.5. The standard InChI is InChI=1S/C18H24N2O/c1-13(2)18-8-7-17(9-14(18)3)21-12-16-6-5-15(10-19-4)11-20-16/h5-9,11,13,19H,10,12H2,1-4H3. The summed E-state index contributed by atoms with van der Waals surface area (Å²) in [5.74, 6) is 1.44. The fraction of sp³-hybridized carbons (Fsp3) is 0.389. The van der Waals surface area contributed by atoms with Crippen molar-refractivity contribution in [3.63, 3.8) is 0 Å². The molecule has 0 aliphatic carbocycles. The van der Waals surface area contributed by atoms with Crippen molar-refractivity contribution in [3.8, 4) is 5.75 Å². The van der Waals surface area contributed by atoms with Gasteiger partial charge in [0.25, 0.3) is 0 Å². The highest BCUT2D eigenvalue weighted by Crippen LogP contribution is 2.23. The molecule has 0 spiro atoms. The number of nitrogens with one attached hydrogen (secondary N) is 1. The molecule has 0 fully saturated rings. The summed E-state index contributed by atoms with van der Waals surface area (Å²) in [5.41, 5.74) is 4.77. The molecule has 1 heterocycles. The highest BCUT2D eigenvalue weighted by molar-refractivity contribution is 5.36. The number of rotatable bonds is 6. The van der Waals surface area contributed by atoms with Crippen molar-refractivity contribution in [1.29, 1.82) is 0 Å². The number of aromatic nitrogens is 1. The van der Waals surface area contributed by atoms with Crippen LogP contribution in [0.4, 0.5) is 0 Å². The van der Waals surface area contributed by atoms with Gasteiger partial charge in [-0.15, -0.1) is 0 Å². The molecule has 0 aliphatic heterocycles. The molecule has 0 saturated carbocycles. The molecule has 2 rings (SSSR count). The quantitative estimate of drug-likeness (QED) is 0.876. The monoisotopic (exact) mass is 284 g/mol. The van der Waals surface area contributed by atoms with Gasteiger partial charge in [0, 0.05) is 12.7 Å². The van der Waals surface area contributed by atoms with Crippen molar-refractivity contribution >= 4 is 0 Å². The van der Waals surface area contributed by atoms with Crippen LogP contribution >= 0.6 is 0 Å². The Hall–Kier alpha value is -1.87. The second-order valence-corrected chi connectivity index (χ2v) is 5.65. The van der Waals surface area contributed by atoms with Gasteiger partial charge in [-0.05, 0) is 54.8 Å². The van der Waals surface area contributed by atoms with Crippen molar-refractivity contribution in [1.82, 2.24) is 10.3 Å². The summed E-state index contributed by atoms with van der Waals surface area (Å²) in [7, 11) is 1.93. The molecule has 1 aromatic heterocycles. The predicted molar refractivity (Wildman–Crippen MR) is 86.6 cm³/mol. The number of ether oxygens (including phenoxy) is 1. The van der Waals surface area contributed by atoms with Crippen LogP contribution in [-0.2, 0) is 13.2 Å². The average Bonchev–Trinajstić information content (AvgIpc) is 2.46. The second-order valence-electron chi connectivity index (χ2n) is 5.65. The summed E-state index contributed by atoms with van der Waals surface area (Å²) in [6.07, 6.45) is 1.89. The Morgan fingerprint density at radius 1 is 1.19 bits per heavy atom. The van der Waals surface area contributed by atoms with Gasteiger partial charge in [0.2, 0.25) is 0 Å². The number of nitrogens with zero attached hydrogens (tertiary/aromatic N) is 1. The minimum atomic E-state index is 0.500. The van der Waals surface area contributed by atoms with Crippen molar-refractivity contribution < 1.29 is 4.74 Å². The summed E-state index contributed by atoms with van der Waals surface area (Å²) in [4.78, 5) is 4.42. The largest absolute Gasteiger partial charge is 0.487 e. The summed E-state index contributed by atoms with van der Waals surface area (Å²) < 4.78 is 5.83. The maximum Gasteiger partial charge on any atom is 0.130 e. The Labute approximate surface area is 127 Å². The Balaban J connectivity index is 1.98. The van der Waals surface area contributed by atoms with Crippen molar-refractivity contribution in [2.24, 2.45) is 0 Å². The van der Waals surface area contributed by atoms with Crippen LogP contribution in [0.1, 0.15) is 42.1 Å². The summed E-state index contributed by atoms with van der Waals surface area (Å²) >= 11 is 0. The number of hydrogen-bond donors (Lipinski definition) is 1. The van der Waals surface area contributed by atoms with Crippen molar-refractivity contribution in [3.05, 3.63) is 58.9 Å². The molecule has 1 N–H and O–H groups in total. The van der Waals surface area contributed by atoms with E-state index in [1.807, 2.05) is 25.4 Å². The SMILES string of the molecule is CNCc1ccc(COc2ccc(C(C)C)c(C)c2)nc1. The van der Waals surface area contributed by atoms with Crippen LogP contribution in [0.25, 0.3) is 0 Å². The molecule has 0 bridgehead atoms. The lowest BCUT2D eigenvalue weighted by molar-refractivity contribution is 0.301. The van der Waals surface area contributed by atoms with E-state index in [-0.39, 0.29) is 0 Å². The lowest BCUT2D eigenvalue weighted by Crippen LogP contribution is -2.06. The Kier molecular flexibility index (Phi) is 5.34. The zero-order chi connectivity index (χ0) is 15.2. The number of hydrogen-bond acceptors (Lipinski definition) is 3. The zero-order valence-electron chi connectivity index (χ0n) is 13.3. The van der Waals surface area contributed by atoms with Gasteiger partial charge in [-0.25, -0.2) is 0 Å². The molecule has 112 valence electrons. The smallest absolute Gasteiger partial charge is 0.130 e. The van der Waals surface area contributed by atoms with Gasteiger partial charge in [-0.3, -0.25) is 4.98 Å². The molecule has 0 unspecified atom stereocenters. The third-order valence-corrected chi connectivity index (χ3v) is 3.52. The molecule has 2 aromatic rings. The van der Waals surface area contributed by atoms with E-state index >= 15 is 0 Å². The highest BCUT2D eigenvalue weighted by atomic mass is 16.5. The van der Waals surface area contributed by atoms with E-state index in [9.17, 15) is 0 Å². The van der Waals surface area contributed by atoms with E-state index in [1.165, 1.54) is 16.7 Å². The van der Waals surface area contributed by atoms with E-state index in [2.05, 4.69) is 49.3 Å². The van der Waals surface area contributed by atoms with Gasteiger partial charge in [0.1, 0.15) is 12.4 Å². The molecule has 0 aliphatic rings. The van der Waals surface area contributed by atoms with Gasteiger partial charge in [0.05, 0.1) is 5.69 Å². The van der Waals surface area contributed by atoms with Crippen LogP contribution in [0.3, 0.4) is 0 Å². The minimum Gasteiger partial charge on any atom is -0.487 e. The summed E-state index contributed by atoms with van der Waals surface area (Å²) in [6.45, 7) is 7.89. The van der Waals surface area contributed by atoms with Gasteiger partial charge < -0.3 is 10.1 Å². The fourth-order valence-corrected chi connectivity index (χ4v) is 2.39.